The molecule has 1 N–H and O–H groups in total. The lowest BCUT2D eigenvalue weighted by Gasteiger charge is -1.97. The summed E-state index contributed by atoms with van der Waals surface area (Å²) in [6.07, 6.45) is 3.37. The molecule has 0 radical (unpaired) electrons. The second kappa shape index (κ2) is 2.95. The maximum atomic E-state index is 5.16. The predicted octanol–water partition coefficient (Wildman–Crippen LogP) is 2.12. The molecule has 0 aliphatic heterocycles. The molecule has 74 valence electrons. The number of fused-ring (bicyclic) bond motifs is 3. The van der Waals surface area contributed by atoms with Gasteiger partial charge in [0.2, 0.25) is 0 Å². The van der Waals surface area contributed by atoms with Crippen LogP contribution in [0.2, 0.25) is 0 Å². The van der Waals surface area contributed by atoms with Crippen LogP contribution < -0.4 is 4.74 Å². The van der Waals surface area contributed by atoms with Crippen LogP contribution >= 0.6 is 0 Å². The molecule has 0 spiro atoms. The van der Waals surface area contributed by atoms with E-state index in [1.807, 2.05) is 18.2 Å². The van der Waals surface area contributed by atoms with Crippen molar-refractivity contribution in [3.8, 4) is 5.75 Å². The zero-order valence-corrected chi connectivity index (χ0v) is 8.19. The Kier molecular flexibility index (Phi) is 1.62. The molecule has 2 heterocycles. The Morgan fingerprint density at radius 2 is 2.07 bits per heavy atom. The topological polar surface area (TPSA) is 50.8 Å². The first-order valence-electron chi connectivity index (χ1n) is 4.65. The van der Waals surface area contributed by atoms with E-state index in [9.17, 15) is 0 Å². The Balaban J connectivity index is 2.43. The third kappa shape index (κ3) is 1.15. The summed E-state index contributed by atoms with van der Waals surface area (Å²) in [5.74, 6) is 0.828. The van der Waals surface area contributed by atoms with Crippen LogP contribution in [0.1, 0.15) is 0 Å². The highest BCUT2D eigenvalue weighted by molar-refractivity contribution is 6.03. The van der Waals surface area contributed by atoms with E-state index in [1.54, 1.807) is 19.5 Å². The van der Waals surface area contributed by atoms with Gasteiger partial charge in [-0.1, -0.05) is 0 Å². The fraction of sp³-hybridized carbons (Fsp3) is 0.0909. The zero-order valence-electron chi connectivity index (χ0n) is 8.19. The van der Waals surface area contributed by atoms with E-state index in [1.165, 1.54) is 0 Å². The summed E-state index contributed by atoms with van der Waals surface area (Å²) in [6.45, 7) is 0. The summed E-state index contributed by atoms with van der Waals surface area (Å²) in [4.78, 5) is 11.7. The third-order valence-corrected chi connectivity index (χ3v) is 2.43. The molecule has 0 fully saturated rings. The van der Waals surface area contributed by atoms with Gasteiger partial charge in [-0.3, -0.25) is 4.98 Å². The van der Waals surface area contributed by atoms with E-state index >= 15 is 0 Å². The first-order valence-corrected chi connectivity index (χ1v) is 4.65. The van der Waals surface area contributed by atoms with E-state index in [-0.39, 0.29) is 0 Å². The largest absolute Gasteiger partial charge is 0.497 e. The van der Waals surface area contributed by atoms with Crippen LogP contribution in [0.3, 0.4) is 0 Å². The van der Waals surface area contributed by atoms with Crippen molar-refractivity contribution in [3.05, 3.63) is 30.6 Å². The van der Waals surface area contributed by atoms with E-state index in [0.29, 0.717) is 0 Å². The molecule has 1 aromatic carbocycles. The summed E-state index contributed by atoms with van der Waals surface area (Å²) in [7, 11) is 1.65. The summed E-state index contributed by atoms with van der Waals surface area (Å²) < 4.78 is 5.16. The van der Waals surface area contributed by atoms with Crippen LogP contribution in [0.15, 0.2) is 30.6 Å². The number of benzene rings is 1. The number of hydrogen-bond donors (Lipinski definition) is 1. The molecule has 3 rings (SSSR count). The number of ether oxygens (including phenoxy) is 1. The van der Waals surface area contributed by atoms with Gasteiger partial charge in [0.15, 0.2) is 5.65 Å². The average molecular weight is 199 g/mol. The lowest BCUT2D eigenvalue weighted by molar-refractivity contribution is 0.415. The summed E-state index contributed by atoms with van der Waals surface area (Å²) in [5, 5.41) is 1.07. The maximum absolute atomic E-state index is 5.16. The third-order valence-electron chi connectivity index (χ3n) is 2.43. The fourth-order valence-electron chi connectivity index (χ4n) is 1.71. The van der Waals surface area contributed by atoms with Crippen molar-refractivity contribution in [1.29, 1.82) is 0 Å². The first-order chi connectivity index (χ1) is 7.38. The molecule has 0 aliphatic carbocycles. The SMILES string of the molecule is COc1ccc2c(c1)[nH]c1nccnc12. The summed E-state index contributed by atoms with van der Waals surface area (Å²) in [5.41, 5.74) is 2.70. The number of nitrogens with one attached hydrogen (secondary N) is 1. The van der Waals surface area contributed by atoms with E-state index in [2.05, 4.69) is 15.0 Å². The molecule has 0 saturated heterocycles. The number of aromatic amines is 1. The number of aromatic nitrogens is 3. The standard InChI is InChI=1S/C11H9N3O/c1-15-7-2-3-8-9(6-7)14-11-10(8)12-4-5-13-11/h2-6H,1H3,(H,13,14). The van der Waals surface area contributed by atoms with Crippen LogP contribution in [0.4, 0.5) is 0 Å². The number of nitrogens with zero attached hydrogens (tertiary/aromatic N) is 2. The number of H-pyrrole nitrogens is 1. The van der Waals surface area contributed by atoms with Crippen molar-refractivity contribution in [3.63, 3.8) is 0 Å². The molecule has 0 saturated carbocycles. The molecule has 0 atom stereocenters. The molecule has 2 aromatic heterocycles. The smallest absolute Gasteiger partial charge is 0.157 e. The summed E-state index contributed by atoms with van der Waals surface area (Å²) >= 11 is 0. The van der Waals surface area contributed by atoms with Crippen LogP contribution in [0.25, 0.3) is 22.1 Å². The van der Waals surface area contributed by atoms with Crippen LogP contribution in [0, 0.1) is 0 Å². The molecule has 4 nitrogen and oxygen atoms in total. The Morgan fingerprint density at radius 1 is 1.20 bits per heavy atom. The number of hydrogen-bond acceptors (Lipinski definition) is 3. The van der Waals surface area contributed by atoms with Gasteiger partial charge < -0.3 is 9.72 Å². The predicted molar refractivity (Wildman–Crippen MR) is 57.9 cm³/mol. The van der Waals surface area contributed by atoms with Gasteiger partial charge >= 0.3 is 0 Å². The van der Waals surface area contributed by atoms with Gasteiger partial charge in [0.1, 0.15) is 11.3 Å². The maximum Gasteiger partial charge on any atom is 0.157 e. The molecule has 3 aromatic rings. The molecular weight excluding hydrogens is 190 g/mol. The van der Waals surface area contributed by atoms with Gasteiger partial charge in [-0.05, 0) is 12.1 Å². The van der Waals surface area contributed by atoms with Gasteiger partial charge in [0.05, 0.1) is 12.6 Å². The van der Waals surface area contributed by atoms with Gasteiger partial charge in [0, 0.05) is 23.8 Å². The minimum absolute atomic E-state index is 0.806. The molecule has 15 heavy (non-hydrogen) atoms. The Labute approximate surface area is 85.9 Å². The van der Waals surface area contributed by atoms with E-state index in [4.69, 9.17) is 4.74 Å². The van der Waals surface area contributed by atoms with Crippen molar-refractivity contribution in [2.45, 2.75) is 0 Å². The van der Waals surface area contributed by atoms with Gasteiger partial charge in [-0.25, -0.2) is 4.98 Å². The minimum atomic E-state index is 0.806. The highest BCUT2D eigenvalue weighted by Gasteiger charge is 2.05. The second-order valence-corrected chi connectivity index (χ2v) is 3.29. The van der Waals surface area contributed by atoms with Crippen molar-refractivity contribution < 1.29 is 4.74 Å². The highest BCUT2D eigenvalue weighted by atomic mass is 16.5. The van der Waals surface area contributed by atoms with Crippen molar-refractivity contribution in [1.82, 2.24) is 15.0 Å². The Morgan fingerprint density at radius 3 is 2.93 bits per heavy atom. The van der Waals surface area contributed by atoms with Crippen LogP contribution in [-0.2, 0) is 0 Å². The number of rotatable bonds is 1. The highest BCUT2D eigenvalue weighted by Crippen LogP contribution is 2.25. The average Bonchev–Trinajstić information content (AvgIpc) is 2.66. The molecular formula is C11H9N3O. The van der Waals surface area contributed by atoms with Crippen molar-refractivity contribution in [2.75, 3.05) is 7.11 Å². The minimum Gasteiger partial charge on any atom is -0.497 e. The monoisotopic (exact) mass is 199 g/mol. The molecule has 0 aliphatic rings. The zero-order chi connectivity index (χ0) is 10.3. The van der Waals surface area contributed by atoms with E-state index in [0.717, 1.165) is 27.8 Å². The quantitative estimate of drug-likeness (QED) is 0.653. The van der Waals surface area contributed by atoms with E-state index < -0.39 is 0 Å². The van der Waals surface area contributed by atoms with Crippen LogP contribution in [-0.4, -0.2) is 22.1 Å². The molecule has 0 unspecified atom stereocenters. The molecule has 4 heteroatoms. The number of methoxy groups -OCH3 is 1. The normalized spacial score (nSPS) is 11.0. The van der Waals surface area contributed by atoms with Gasteiger partial charge in [-0.15, -0.1) is 0 Å². The lowest BCUT2D eigenvalue weighted by atomic mass is 10.2. The van der Waals surface area contributed by atoms with Gasteiger partial charge in [0.25, 0.3) is 0 Å². The molecule has 0 amide bonds. The van der Waals surface area contributed by atoms with Gasteiger partial charge in [-0.2, -0.15) is 0 Å². The Bertz CT molecular complexity index is 630. The summed E-state index contributed by atoms with van der Waals surface area (Å²) in [6, 6.07) is 5.85. The van der Waals surface area contributed by atoms with Crippen molar-refractivity contribution in [2.24, 2.45) is 0 Å². The lowest BCUT2D eigenvalue weighted by Crippen LogP contribution is -1.80. The molecule has 0 bridgehead atoms. The Hall–Kier alpha value is -2.10. The first kappa shape index (κ1) is 8.23. The van der Waals surface area contributed by atoms with Crippen LogP contribution in [0.5, 0.6) is 5.75 Å². The fourth-order valence-corrected chi connectivity index (χ4v) is 1.71. The van der Waals surface area contributed by atoms with Crippen molar-refractivity contribution >= 4 is 22.1 Å². The second-order valence-electron chi connectivity index (χ2n) is 3.29.